The van der Waals surface area contributed by atoms with E-state index in [1.54, 1.807) is 0 Å². The number of hydrogen-bond acceptors (Lipinski definition) is 4. The molecule has 7 heteroatoms. The molecule has 2 rings (SSSR count). The molecule has 20 heavy (non-hydrogen) atoms. The Labute approximate surface area is 129 Å². The van der Waals surface area contributed by atoms with Gasteiger partial charge in [0.25, 0.3) is 5.91 Å². The van der Waals surface area contributed by atoms with E-state index in [0.29, 0.717) is 39.1 Å². The Kier molecular flexibility index (Phi) is 6.98. The molecule has 1 saturated heterocycles. The lowest BCUT2D eigenvalue weighted by atomic mass is 10.2. The third-order valence-corrected chi connectivity index (χ3v) is 4.10. The highest BCUT2D eigenvalue weighted by atomic mass is 35.5. The first-order valence-electron chi connectivity index (χ1n) is 6.53. The molecule has 1 fully saturated rings. The van der Waals surface area contributed by atoms with Crippen LogP contribution in [-0.2, 0) is 4.79 Å². The molecule has 0 spiro atoms. The van der Waals surface area contributed by atoms with Crippen molar-refractivity contribution in [2.24, 2.45) is 5.73 Å². The monoisotopic (exact) mass is 317 g/mol. The van der Waals surface area contributed by atoms with Crippen LogP contribution in [0.1, 0.15) is 22.5 Å². The van der Waals surface area contributed by atoms with Crippen molar-refractivity contribution in [3.63, 3.8) is 0 Å². The number of carbonyl (C=O) groups is 2. The van der Waals surface area contributed by atoms with Crippen LogP contribution in [-0.4, -0.2) is 54.3 Å². The molecular weight excluding hydrogens is 298 g/mol. The first-order chi connectivity index (χ1) is 9.22. The zero-order chi connectivity index (χ0) is 13.7. The number of halogens is 1. The largest absolute Gasteiger partial charge is 0.339 e. The zero-order valence-corrected chi connectivity index (χ0v) is 12.9. The standard InChI is InChI=1S/C13H19N3O2S.ClH/c14-5-1-4-12(17)15-6-8-16(9-7-15)13(18)11-3-2-10-19-11;/h2-3,10H,1,4-9,14H2;1H. The van der Waals surface area contributed by atoms with Crippen LogP contribution >= 0.6 is 23.7 Å². The number of piperazine rings is 1. The van der Waals surface area contributed by atoms with E-state index in [1.165, 1.54) is 11.3 Å². The summed E-state index contributed by atoms with van der Waals surface area (Å²) in [4.78, 5) is 28.4. The van der Waals surface area contributed by atoms with Gasteiger partial charge in [-0.05, 0) is 24.4 Å². The molecule has 0 aromatic carbocycles. The quantitative estimate of drug-likeness (QED) is 0.907. The fourth-order valence-electron chi connectivity index (χ4n) is 2.13. The average molecular weight is 318 g/mol. The predicted molar refractivity (Wildman–Crippen MR) is 82.3 cm³/mol. The molecule has 0 bridgehead atoms. The van der Waals surface area contributed by atoms with Crippen molar-refractivity contribution >= 4 is 35.6 Å². The first-order valence-corrected chi connectivity index (χ1v) is 7.41. The number of hydrogen-bond donors (Lipinski definition) is 1. The Hall–Kier alpha value is -1.11. The van der Waals surface area contributed by atoms with Crippen molar-refractivity contribution in [3.8, 4) is 0 Å². The fourth-order valence-corrected chi connectivity index (χ4v) is 2.82. The van der Waals surface area contributed by atoms with E-state index in [0.717, 1.165) is 11.3 Å². The Morgan fingerprint density at radius 3 is 2.40 bits per heavy atom. The lowest BCUT2D eigenvalue weighted by molar-refractivity contribution is -0.132. The van der Waals surface area contributed by atoms with Crippen LogP contribution in [0.5, 0.6) is 0 Å². The molecule has 1 aliphatic heterocycles. The minimum Gasteiger partial charge on any atom is -0.339 e. The van der Waals surface area contributed by atoms with Crippen LogP contribution in [0, 0.1) is 0 Å². The maximum absolute atomic E-state index is 12.1. The molecule has 2 heterocycles. The van der Waals surface area contributed by atoms with Gasteiger partial charge in [-0.3, -0.25) is 9.59 Å². The van der Waals surface area contributed by atoms with Gasteiger partial charge in [0.2, 0.25) is 5.91 Å². The van der Waals surface area contributed by atoms with Gasteiger partial charge in [0.15, 0.2) is 0 Å². The Morgan fingerprint density at radius 1 is 1.20 bits per heavy atom. The van der Waals surface area contributed by atoms with Crippen LogP contribution in [0.15, 0.2) is 17.5 Å². The smallest absolute Gasteiger partial charge is 0.264 e. The van der Waals surface area contributed by atoms with E-state index < -0.39 is 0 Å². The van der Waals surface area contributed by atoms with Gasteiger partial charge in [-0.15, -0.1) is 23.7 Å². The number of nitrogens with zero attached hydrogens (tertiary/aromatic N) is 2. The zero-order valence-electron chi connectivity index (χ0n) is 11.3. The lowest BCUT2D eigenvalue weighted by Gasteiger charge is -2.34. The Bertz CT molecular complexity index is 431. The van der Waals surface area contributed by atoms with E-state index in [-0.39, 0.29) is 24.2 Å². The molecule has 2 amide bonds. The molecule has 0 unspecified atom stereocenters. The number of rotatable bonds is 4. The fraction of sp³-hybridized carbons (Fsp3) is 0.538. The van der Waals surface area contributed by atoms with Gasteiger partial charge in [0, 0.05) is 32.6 Å². The summed E-state index contributed by atoms with van der Waals surface area (Å²) >= 11 is 1.46. The molecule has 0 atom stereocenters. The molecule has 0 radical (unpaired) electrons. The van der Waals surface area contributed by atoms with E-state index in [4.69, 9.17) is 5.73 Å². The van der Waals surface area contributed by atoms with Crippen molar-refractivity contribution in [2.45, 2.75) is 12.8 Å². The van der Waals surface area contributed by atoms with Crippen molar-refractivity contribution in [1.82, 2.24) is 9.80 Å². The van der Waals surface area contributed by atoms with Gasteiger partial charge in [0.05, 0.1) is 4.88 Å². The second-order valence-corrected chi connectivity index (χ2v) is 5.49. The summed E-state index contributed by atoms with van der Waals surface area (Å²) < 4.78 is 0. The second-order valence-electron chi connectivity index (χ2n) is 4.54. The Balaban J connectivity index is 0.00000200. The van der Waals surface area contributed by atoms with E-state index in [1.807, 2.05) is 27.3 Å². The van der Waals surface area contributed by atoms with Gasteiger partial charge >= 0.3 is 0 Å². The summed E-state index contributed by atoms with van der Waals surface area (Å²) in [6.07, 6.45) is 1.24. The molecule has 2 N–H and O–H groups in total. The van der Waals surface area contributed by atoms with Gasteiger partial charge in [-0.25, -0.2) is 0 Å². The SMILES string of the molecule is Cl.NCCCC(=O)N1CCN(C(=O)c2cccs2)CC1. The molecule has 112 valence electrons. The van der Waals surface area contributed by atoms with Crippen LogP contribution in [0.2, 0.25) is 0 Å². The maximum Gasteiger partial charge on any atom is 0.264 e. The van der Waals surface area contributed by atoms with Gasteiger partial charge < -0.3 is 15.5 Å². The van der Waals surface area contributed by atoms with Gasteiger partial charge in [-0.1, -0.05) is 6.07 Å². The van der Waals surface area contributed by atoms with Crippen LogP contribution in [0.4, 0.5) is 0 Å². The molecule has 0 saturated carbocycles. The first kappa shape index (κ1) is 16.9. The van der Waals surface area contributed by atoms with Crippen LogP contribution in [0.3, 0.4) is 0 Å². The minimum atomic E-state index is 0. The molecule has 0 aliphatic carbocycles. The van der Waals surface area contributed by atoms with E-state index >= 15 is 0 Å². The molecule has 1 aromatic rings. The molecule has 1 aromatic heterocycles. The van der Waals surface area contributed by atoms with Crippen LogP contribution in [0.25, 0.3) is 0 Å². The van der Waals surface area contributed by atoms with Crippen molar-refractivity contribution in [2.75, 3.05) is 32.7 Å². The summed E-state index contributed by atoms with van der Waals surface area (Å²) in [5.41, 5.74) is 5.40. The molecule has 1 aliphatic rings. The summed E-state index contributed by atoms with van der Waals surface area (Å²) in [6, 6.07) is 3.72. The summed E-state index contributed by atoms with van der Waals surface area (Å²) in [6.45, 7) is 3.03. The van der Waals surface area contributed by atoms with E-state index in [9.17, 15) is 9.59 Å². The number of carbonyl (C=O) groups excluding carboxylic acids is 2. The molecular formula is C13H20ClN3O2S. The van der Waals surface area contributed by atoms with Gasteiger partial charge in [-0.2, -0.15) is 0 Å². The molecule has 5 nitrogen and oxygen atoms in total. The third kappa shape index (κ3) is 4.19. The third-order valence-electron chi connectivity index (χ3n) is 3.25. The highest BCUT2D eigenvalue weighted by molar-refractivity contribution is 7.12. The lowest BCUT2D eigenvalue weighted by Crippen LogP contribution is -2.50. The predicted octanol–water partition coefficient (Wildman–Crippen LogP) is 1.19. The summed E-state index contributed by atoms with van der Waals surface area (Å²) in [7, 11) is 0. The number of amides is 2. The number of nitrogens with two attached hydrogens (primary N) is 1. The Morgan fingerprint density at radius 2 is 1.85 bits per heavy atom. The minimum absolute atomic E-state index is 0. The topological polar surface area (TPSA) is 66.6 Å². The highest BCUT2D eigenvalue weighted by Gasteiger charge is 2.24. The number of thiophene rings is 1. The average Bonchev–Trinajstić information content (AvgIpc) is 2.98. The summed E-state index contributed by atoms with van der Waals surface area (Å²) in [5, 5.41) is 1.90. The highest BCUT2D eigenvalue weighted by Crippen LogP contribution is 2.14. The van der Waals surface area contributed by atoms with Crippen LogP contribution < -0.4 is 5.73 Å². The van der Waals surface area contributed by atoms with Crippen molar-refractivity contribution in [1.29, 1.82) is 0 Å². The van der Waals surface area contributed by atoms with Crippen molar-refractivity contribution in [3.05, 3.63) is 22.4 Å². The van der Waals surface area contributed by atoms with E-state index in [2.05, 4.69) is 0 Å². The second kappa shape index (κ2) is 8.24. The normalized spacial score (nSPS) is 14.8. The van der Waals surface area contributed by atoms with Crippen molar-refractivity contribution < 1.29 is 9.59 Å². The summed E-state index contributed by atoms with van der Waals surface area (Å²) in [5.74, 6) is 0.220. The van der Waals surface area contributed by atoms with Gasteiger partial charge in [0.1, 0.15) is 0 Å². The maximum atomic E-state index is 12.1.